The van der Waals surface area contributed by atoms with Crippen molar-refractivity contribution < 1.29 is 14.3 Å². The minimum atomic E-state index is -1.25. The molecular formula is C14H17Cl2NO3. The van der Waals surface area contributed by atoms with Crippen molar-refractivity contribution in [3.63, 3.8) is 0 Å². The quantitative estimate of drug-likeness (QED) is 0.633. The summed E-state index contributed by atoms with van der Waals surface area (Å²) in [6.07, 6.45) is 0. The number of rotatable bonds is 4. The van der Waals surface area contributed by atoms with E-state index >= 15 is 0 Å². The molecule has 0 N–H and O–H groups in total. The predicted octanol–water partition coefficient (Wildman–Crippen LogP) is 3.00. The average molecular weight is 318 g/mol. The summed E-state index contributed by atoms with van der Waals surface area (Å²) in [5.74, 6) is -1.08. The molecule has 0 radical (unpaired) electrons. The highest BCUT2D eigenvalue weighted by atomic mass is 35.5. The van der Waals surface area contributed by atoms with Gasteiger partial charge in [-0.3, -0.25) is 9.69 Å². The van der Waals surface area contributed by atoms with E-state index in [0.717, 1.165) is 11.1 Å². The van der Waals surface area contributed by atoms with Gasteiger partial charge in [0, 0.05) is 0 Å². The summed E-state index contributed by atoms with van der Waals surface area (Å²) < 4.78 is 4.71. The van der Waals surface area contributed by atoms with Crippen LogP contribution in [0, 0.1) is 13.8 Å². The van der Waals surface area contributed by atoms with E-state index in [2.05, 4.69) is 0 Å². The Morgan fingerprint density at radius 2 is 1.70 bits per heavy atom. The maximum atomic E-state index is 12.3. The largest absolute Gasteiger partial charge is 0.467 e. The summed E-state index contributed by atoms with van der Waals surface area (Å²) in [6, 6.07) is 4.76. The lowest BCUT2D eigenvalue weighted by Gasteiger charge is -2.30. The number of esters is 1. The van der Waals surface area contributed by atoms with Crippen molar-refractivity contribution in [2.75, 3.05) is 12.0 Å². The number of halogens is 2. The summed E-state index contributed by atoms with van der Waals surface area (Å²) in [7, 11) is 1.27. The normalized spacial score (nSPS) is 12.2. The van der Waals surface area contributed by atoms with Gasteiger partial charge in [0.25, 0.3) is 5.91 Å². The molecule has 110 valence electrons. The number of hydrogen-bond acceptors (Lipinski definition) is 3. The molecule has 0 spiro atoms. The Hall–Kier alpha value is -1.26. The minimum absolute atomic E-state index is 0.532. The molecule has 0 unspecified atom stereocenters. The highest BCUT2D eigenvalue weighted by molar-refractivity contribution is 6.54. The van der Waals surface area contributed by atoms with Crippen molar-refractivity contribution in [3.8, 4) is 0 Å². The van der Waals surface area contributed by atoms with Gasteiger partial charge >= 0.3 is 5.97 Å². The van der Waals surface area contributed by atoms with Crippen LogP contribution >= 0.6 is 23.2 Å². The molecule has 1 atom stereocenters. The smallest absolute Gasteiger partial charge is 0.328 e. The Balaban J connectivity index is 3.38. The average Bonchev–Trinajstić information content (AvgIpc) is 2.40. The molecule has 0 aromatic heterocycles. The van der Waals surface area contributed by atoms with Crippen LogP contribution in [0.2, 0.25) is 0 Å². The molecule has 1 amide bonds. The molecule has 0 fully saturated rings. The fourth-order valence-electron chi connectivity index (χ4n) is 2.06. The van der Waals surface area contributed by atoms with E-state index in [0.29, 0.717) is 5.69 Å². The van der Waals surface area contributed by atoms with Crippen molar-refractivity contribution in [2.45, 2.75) is 31.6 Å². The molecule has 0 aliphatic rings. The highest BCUT2D eigenvalue weighted by Crippen LogP contribution is 2.28. The zero-order valence-corrected chi connectivity index (χ0v) is 13.3. The number of carbonyl (C=O) groups excluding carboxylic acids is 2. The summed E-state index contributed by atoms with van der Waals surface area (Å²) in [6.45, 7) is 5.28. The van der Waals surface area contributed by atoms with Crippen LogP contribution < -0.4 is 4.90 Å². The van der Waals surface area contributed by atoms with E-state index in [9.17, 15) is 9.59 Å². The molecule has 0 bridgehead atoms. The lowest BCUT2D eigenvalue weighted by Crippen LogP contribution is -2.47. The van der Waals surface area contributed by atoms with E-state index in [1.807, 2.05) is 32.0 Å². The van der Waals surface area contributed by atoms with Crippen LogP contribution in [0.3, 0.4) is 0 Å². The summed E-state index contributed by atoms with van der Waals surface area (Å²) in [5, 5.41) is 0. The van der Waals surface area contributed by atoms with E-state index in [1.165, 1.54) is 12.0 Å². The number of amides is 1. The van der Waals surface area contributed by atoms with Gasteiger partial charge in [0.2, 0.25) is 0 Å². The number of benzene rings is 1. The van der Waals surface area contributed by atoms with Crippen LogP contribution in [-0.2, 0) is 14.3 Å². The maximum Gasteiger partial charge on any atom is 0.328 e. The van der Waals surface area contributed by atoms with E-state index in [-0.39, 0.29) is 0 Å². The zero-order valence-electron chi connectivity index (χ0n) is 11.8. The Kier molecular flexibility index (Phi) is 5.84. The minimum Gasteiger partial charge on any atom is -0.467 e. The molecular weight excluding hydrogens is 301 g/mol. The summed E-state index contributed by atoms with van der Waals surface area (Å²) in [5.41, 5.74) is 2.33. The predicted molar refractivity (Wildman–Crippen MR) is 80.4 cm³/mol. The number of ether oxygens (including phenoxy) is 1. The fraction of sp³-hybridized carbons (Fsp3) is 0.429. The van der Waals surface area contributed by atoms with Crippen molar-refractivity contribution >= 4 is 40.8 Å². The maximum absolute atomic E-state index is 12.3. The van der Waals surface area contributed by atoms with Crippen LogP contribution in [0.25, 0.3) is 0 Å². The third-order valence-corrected chi connectivity index (χ3v) is 3.41. The van der Waals surface area contributed by atoms with E-state index < -0.39 is 22.8 Å². The molecule has 4 nitrogen and oxygen atoms in total. The molecule has 1 aromatic carbocycles. The Bertz CT molecular complexity index is 497. The summed E-state index contributed by atoms with van der Waals surface area (Å²) in [4.78, 5) is 24.1. The van der Waals surface area contributed by atoms with Gasteiger partial charge < -0.3 is 4.74 Å². The molecule has 20 heavy (non-hydrogen) atoms. The van der Waals surface area contributed by atoms with Crippen LogP contribution in [0.4, 0.5) is 5.69 Å². The molecule has 0 heterocycles. The lowest BCUT2D eigenvalue weighted by molar-refractivity contribution is -0.143. The van der Waals surface area contributed by atoms with Gasteiger partial charge in [-0.15, -0.1) is 0 Å². The van der Waals surface area contributed by atoms with Gasteiger partial charge in [-0.1, -0.05) is 41.4 Å². The van der Waals surface area contributed by atoms with Crippen molar-refractivity contribution in [1.29, 1.82) is 0 Å². The van der Waals surface area contributed by atoms with Gasteiger partial charge in [-0.05, 0) is 31.9 Å². The Morgan fingerprint density at radius 1 is 1.20 bits per heavy atom. The van der Waals surface area contributed by atoms with Crippen molar-refractivity contribution in [1.82, 2.24) is 0 Å². The summed E-state index contributed by atoms with van der Waals surface area (Å²) >= 11 is 11.4. The number of nitrogens with zero attached hydrogens (tertiary/aromatic N) is 1. The SMILES string of the molecule is COC(=O)[C@H](C)N(C(=O)C(Cl)Cl)c1c(C)cccc1C. The number of carbonyl (C=O) groups is 2. The third-order valence-electron chi connectivity index (χ3n) is 3.03. The van der Waals surface area contributed by atoms with Crippen LogP contribution in [0.1, 0.15) is 18.1 Å². The molecule has 0 aliphatic carbocycles. The molecule has 0 aliphatic heterocycles. The third kappa shape index (κ3) is 3.44. The molecule has 1 aromatic rings. The fourth-order valence-corrected chi connectivity index (χ4v) is 2.27. The number of aryl methyl sites for hydroxylation is 2. The first-order valence-corrected chi connectivity index (χ1v) is 6.93. The van der Waals surface area contributed by atoms with Gasteiger partial charge in [0.1, 0.15) is 6.04 Å². The second kappa shape index (κ2) is 6.95. The Labute approximate surface area is 128 Å². The van der Waals surface area contributed by atoms with Gasteiger partial charge in [0.05, 0.1) is 12.8 Å². The van der Waals surface area contributed by atoms with Crippen LogP contribution in [-0.4, -0.2) is 29.9 Å². The first-order valence-electron chi connectivity index (χ1n) is 6.06. The molecule has 0 saturated heterocycles. The van der Waals surface area contributed by atoms with Gasteiger partial charge in [-0.25, -0.2) is 4.79 Å². The van der Waals surface area contributed by atoms with Gasteiger partial charge in [-0.2, -0.15) is 0 Å². The van der Waals surface area contributed by atoms with Gasteiger partial charge in [0.15, 0.2) is 4.84 Å². The molecule has 0 saturated carbocycles. The molecule has 1 rings (SSSR count). The zero-order chi connectivity index (χ0) is 15.4. The second-order valence-corrected chi connectivity index (χ2v) is 5.54. The second-order valence-electron chi connectivity index (χ2n) is 4.45. The molecule has 6 heteroatoms. The number of methoxy groups -OCH3 is 1. The number of para-hydroxylation sites is 1. The topological polar surface area (TPSA) is 46.6 Å². The standard InChI is InChI=1S/C14H17Cl2NO3/c1-8-6-5-7-9(2)11(8)17(13(18)12(15)16)10(3)14(19)20-4/h5-7,10,12H,1-4H3/t10-/m0/s1. The van der Waals surface area contributed by atoms with Crippen LogP contribution in [0.5, 0.6) is 0 Å². The number of anilines is 1. The van der Waals surface area contributed by atoms with Crippen molar-refractivity contribution in [2.24, 2.45) is 0 Å². The number of hydrogen-bond donors (Lipinski definition) is 0. The highest BCUT2D eigenvalue weighted by Gasteiger charge is 2.32. The van der Waals surface area contributed by atoms with E-state index in [4.69, 9.17) is 27.9 Å². The first kappa shape index (κ1) is 16.8. The van der Waals surface area contributed by atoms with E-state index in [1.54, 1.807) is 6.92 Å². The van der Waals surface area contributed by atoms with Crippen molar-refractivity contribution in [3.05, 3.63) is 29.3 Å². The first-order chi connectivity index (χ1) is 9.31. The lowest BCUT2D eigenvalue weighted by atomic mass is 10.1. The Morgan fingerprint density at radius 3 is 2.10 bits per heavy atom. The monoisotopic (exact) mass is 317 g/mol. The van der Waals surface area contributed by atoms with Crippen LogP contribution in [0.15, 0.2) is 18.2 Å². The number of alkyl halides is 2.